The van der Waals surface area contributed by atoms with Crippen LogP contribution in [0.4, 0.5) is 5.00 Å². The van der Waals surface area contributed by atoms with Gasteiger partial charge in [-0.05, 0) is 50.1 Å². The molecule has 0 bridgehead atoms. The minimum atomic E-state index is -0.0837. The number of nitriles is 1. The van der Waals surface area contributed by atoms with Gasteiger partial charge in [-0.15, -0.1) is 11.3 Å². The highest BCUT2D eigenvalue weighted by atomic mass is 32.1. The number of carbonyl (C=O) groups excluding carboxylic acids is 1. The minimum Gasteiger partial charge on any atom is -0.315 e. The maximum Gasteiger partial charge on any atom is 0.239 e. The zero-order chi connectivity index (χ0) is 22.1. The Labute approximate surface area is 183 Å². The third-order valence-corrected chi connectivity index (χ3v) is 8.01. The van der Waals surface area contributed by atoms with Gasteiger partial charge < -0.3 is 5.32 Å². The van der Waals surface area contributed by atoms with Gasteiger partial charge in [-0.1, -0.05) is 27.2 Å². The van der Waals surface area contributed by atoms with Crippen LogP contribution in [0.5, 0.6) is 0 Å². The van der Waals surface area contributed by atoms with Crippen LogP contribution in [0.25, 0.3) is 0 Å². The number of rotatable bonds is 7. The molecular formula is C23H33N5OS. The number of aryl methyl sites for hydroxylation is 1. The second-order valence-electron chi connectivity index (χ2n) is 9.20. The molecule has 1 N–H and O–H groups in total. The van der Waals surface area contributed by atoms with Gasteiger partial charge >= 0.3 is 0 Å². The van der Waals surface area contributed by atoms with Gasteiger partial charge in [0.25, 0.3) is 0 Å². The van der Waals surface area contributed by atoms with Crippen molar-refractivity contribution in [1.29, 1.82) is 5.26 Å². The molecule has 2 heterocycles. The Hall–Kier alpha value is -2.17. The second-order valence-corrected chi connectivity index (χ2v) is 10.3. The molecule has 0 aromatic carbocycles. The number of carbonyl (C=O) groups is 1. The fourth-order valence-corrected chi connectivity index (χ4v) is 5.50. The molecule has 1 aliphatic rings. The molecule has 162 valence electrons. The molecule has 0 aliphatic heterocycles. The zero-order valence-corrected chi connectivity index (χ0v) is 19.8. The van der Waals surface area contributed by atoms with Crippen molar-refractivity contribution in [2.75, 3.05) is 18.9 Å². The van der Waals surface area contributed by atoms with Gasteiger partial charge in [-0.25, -0.2) is 0 Å². The Morgan fingerprint density at radius 3 is 2.83 bits per heavy atom. The summed E-state index contributed by atoms with van der Waals surface area (Å²) in [5.41, 5.74) is 4.33. The summed E-state index contributed by atoms with van der Waals surface area (Å²) in [6.07, 6.45) is 6.04. The summed E-state index contributed by atoms with van der Waals surface area (Å²) >= 11 is 1.60. The first-order chi connectivity index (χ1) is 14.2. The van der Waals surface area contributed by atoms with E-state index in [9.17, 15) is 10.1 Å². The smallest absolute Gasteiger partial charge is 0.239 e. The first-order valence-corrected chi connectivity index (χ1v) is 11.5. The topological polar surface area (TPSA) is 74.0 Å². The molecule has 2 aromatic heterocycles. The van der Waals surface area contributed by atoms with Crippen molar-refractivity contribution in [3.05, 3.63) is 33.5 Å². The molecule has 7 heteroatoms. The number of anilines is 1. The zero-order valence-electron chi connectivity index (χ0n) is 19.0. The van der Waals surface area contributed by atoms with E-state index >= 15 is 0 Å². The molecule has 0 radical (unpaired) electrons. The van der Waals surface area contributed by atoms with Crippen molar-refractivity contribution in [1.82, 2.24) is 14.7 Å². The Balaban J connectivity index is 1.67. The largest absolute Gasteiger partial charge is 0.315 e. The summed E-state index contributed by atoms with van der Waals surface area (Å²) < 4.78 is 1.84. The Kier molecular flexibility index (Phi) is 6.68. The van der Waals surface area contributed by atoms with Crippen LogP contribution in [0, 0.1) is 29.6 Å². The molecule has 1 amide bonds. The van der Waals surface area contributed by atoms with Gasteiger partial charge in [0.2, 0.25) is 5.91 Å². The van der Waals surface area contributed by atoms with Crippen molar-refractivity contribution < 1.29 is 4.79 Å². The highest BCUT2D eigenvalue weighted by Gasteiger charge is 2.34. The summed E-state index contributed by atoms with van der Waals surface area (Å²) in [6.45, 7) is 9.88. The van der Waals surface area contributed by atoms with E-state index < -0.39 is 0 Å². The quantitative estimate of drug-likeness (QED) is 0.716. The number of likely N-dealkylation sites (N-methyl/N-ethyl adjacent to an activating group) is 1. The lowest BCUT2D eigenvalue weighted by Gasteiger charge is -2.36. The average molecular weight is 428 g/mol. The lowest BCUT2D eigenvalue weighted by Crippen LogP contribution is -2.30. The highest BCUT2D eigenvalue weighted by Crippen LogP contribution is 2.45. The third kappa shape index (κ3) is 4.60. The maximum atomic E-state index is 12.7. The second kappa shape index (κ2) is 8.91. The van der Waals surface area contributed by atoms with Crippen LogP contribution in [0.1, 0.15) is 60.9 Å². The molecule has 1 unspecified atom stereocenters. The first kappa shape index (κ1) is 22.5. The van der Waals surface area contributed by atoms with Crippen LogP contribution in [0.15, 0.2) is 6.20 Å². The monoisotopic (exact) mass is 427 g/mol. The number of hydrogen-bond acceptors (Lipinski definition) is 5. The number of nitrogens with one attached hydrogen (secondary N) is 1. The Morgan fingerprint density at radius 2 is 2.23 bits per heavy atom. The van der Waals surface area contributed by atoms with Crippen LogP contribution >= 0.6 is 11.3 Å². The third-order valence-electron chi connectivity index (χ3n) is 6.84. The molecule has 1 atom stereocenters. The van der Waals surface area contributed by atoms with Gasteiger partial charge in [0.05, 0.1) is 18.3 Å². The average Bonchev–Trinajstić information content (AvgIpc) is 3.20. The molecular weight excluding hydrogens is 394 g/mol. The number of amides is 1. The number of fused-ring (bicyclic) bond motifs is 1. The van der Waals surface area contributed by atoms with E-state index in [0.29, 0.717) is 28.4 Å². The van der Waals surface area contributed by atoms with E-state index in [2.05, 4.69) is 37.3 Å². The minimum absolute atomic E-state index is 0.0837. The van der Waals surface area contributed by atoms with E-state index in [-0.39, 0.29) is 12.5 Å². The summed E-state index contributed by atoms with van der Waals surface area (Å²) in [6, 6.07) is 2.35. The van der Waals surface area contributed by atoms with Crippen LogP contribution in [-0.2, 0) is 31.2 Å². The lowest BCUT2D eigenvalue weighted by atomic mass is 9.69. The van der Waals surface area contributed by atoms with E-state index in [1.807, 2.05) is 36.8 Å². The predicted octanol–water partition coefficient (Wildman–Crippen LogP) is 4.27. The van der Waals surface area contributed by atoms with Gasteiger partial charge in [0.1, 0.15) is 11.1 Å². The van der Waals surface area contributed by atoms with Crippen LogP contribution in [0.2, 0.25) is 0 Å². The van der Waals surface area contributed by atoms with E-state index in [0.717, 1.165) is 42.5 Å². The molecule has 0 spiro atoms. The van der Waals surface area contributed by atoms with Crippen LogP contribution in [0.3, 0.4) is 0 Å². The van der Waals surface area contributed by atoms with E-state index in [4.69, 9.17) is 0 Å². The van der Waals surface area contributed by atoms with Crippen molar-refractivity contribution in [3.63, 3.8) is 0 Å². The fourth-order valence-electron chi connectivity index (χ4n) is 4.21. The highest BCUT2D eigenvalue weighted by molar-refractivity contribution is 7.16. The van der Waals surface area contributed by atoms with Crippen molar-refractivity contribution in [2.24, 2.45) is 18.4 Å². The standard InChI is InChI=1S/C23H33N5OS/c1-7-23(3,4)17-8-9-18-19(11-24)22(30-20(18)10-17)26-21(29)14-27(5)13-16-12-25-28(6)15(16)2/h12,17H,7-10,13-14H2,1-6H3,(H,26,29). The summed E-state index contributed by atoms with van der Waals surface area (Å²) in [4.78, 5) is 15.9. The van der Waals surface area contributed by atoms with Gasteiger partial charge in [0.15, 0.2) is 0 Å². The maximum absolute atomic E-state index is 12.7. The van der Waals surface area contributed by atoms with Gasteiger partial charge in [-0.3, -0.25) is 14.4 Å². The lowest BCUT2D eigenvalue weighted by molar-refractivity contribution is -0.117. The molecule has 30 heavy (non-hydrogen) atoms. The molecule has 0 saturated carbocycles. The summed E-state index contributed by atoms with van der Waals surface area (Å²) in [7, 11) is 3.84. The van der Waals surface area contributed by atoms with Crippen LogP contribution < -0.4 is 5.32 Å². The molecule has 2 aromatic rings. The number of thiophene rings is 1. The number of aromatic nitrogens is 2. The van der Waals surface area contributed by atoms with Gasteiger partial charge in [0, 0.05) is 29.7 Å². The number of nitrogens with zero attached hydrogens (tertiary/aromatic N) is 4. The van der Waals surface area contributed by atoms with Gasteiger partial charge in [-0.2, -0.15) is 10.4 Å². The number of hydrogen-bond donors (Lipinski definition) is 1. The molecule has 3 rings (SSSR count). The molecule has 0 saturated heterocycles. The summed E-state index contributed by atoms with van der Waals surface area (Å²) in [5.74, 6) is 0.539. The van der Waals surface area contributed by atoms with E-state index in [1.165, 1.54) is 4.88 Å². The van der Waals surface area contributed by atoms with E-state index in [1.54, 1.807) is 11.3 Å². The predicted molar refractivity (Wildman–Crippen MR) is 122 cm³/mol. The van der Waals surface area contributed by atoms with Crippen molar-refractivity contribution >= 4 is 22.2 Å². The fraction of sp³-hybridized carbons (Fsp3) is 0.609. The SMILES string of the molecule is CCC(C)(C)C1CCc2c(sc(NC(=O)CN(C)Cc3cnn(C)c3C)c2C#N)C1. The molecule has 0 fully saturated rings. The Bertz CT molecular complexity index is 965. The molecule has 1 aliphatic carbocycles. The normalized spacial score (nSPS) is 16.4. The first-order valence-electron chi connectivity index (χ1n) is 10.7. The van der Waals surface area contributed by atoms with Crippen molar-refractivity contribution in [3.8, 4) is 6.07 Å². The molecule has 6 nitrogen and oxygen atoms in total. The van der Waals surface area contributed by atoms with Crippen molar-refractivity contribution in [2.45, 2.75) is 59.9 Å². The van der Waals surface area contributed by atoms with Crippen LogP contribution in [-0.4, -0.2) is 34.2 Å². The summed E-state index contributed by atoms with van der Waals surface area (Å²) in [5, 5.41) is 17.7. The Morgan fingerprint density at radius 1 is 1.50 bits per heavy atom.